The molecule has 0 bridgehead atoms. The van der Waals surface area contributed by atoms with Gasteiger partial charge in [-0.15, -0.1) is 0 Å². The highest BCUT2D eigenvalue weighted by atomic mass is 35.5. The quantitative estimate of drug-likeness (QED) is 0.377. The van der Waals surface area contributed by atoms with Crippen LogP contribution in [0.1, 0.15) is 20.8 Å². The van der Waals surface area contributed by atoms with Crippen molar-refractivity contribution in [1.82, 2.24) is 0 Å². The van der Waals surface area contributed by atoms with Crippen LogP contribution >= 0.6 is 11.6 Å². The molecule has 0 saturated carbocycles. The van der Waals surface area contributed by atoms with Crippen molar-refractivity contribution < 1.29 is 28.5 Å². The molecule has 32 heavy (non-hydrogen) atoms. The van der Waals surface area contributed by atoms with E-state index in [1.165, 1.54) is 33.3 Å². The lowest BCUT2D eigenvalue weighted by molar-refractivity contribution is -0.126. The number of hydrogen-bond acceptors (Lipinski definition) is 8. The van der Waals surface area contributed by atoms with Crippen molar-refractivity contribution in [2.45, 2.75) is 26.8 Å². The van der Waals surface area contributed by atoms with Crippen LogP contribution < -0.4 is 24.3 Å². The fourth-order valence-corrected chi connectivity index (χ4v) is 2.93. The Morgan fingerprint density at radius 3 is 2.28 bits per heavy atom. The number of ether oxygens (including phenoxy) is 4. The topological polar surface area (TPSA) is 108 Å². The van der Waals surface area contributed by atoms with E-state index in [4.69, 9.17) is 30.5 Å². The summed E-state index contributed by atoms with van der Waals surface area (Å²) >= 11 is 6.22. The van der Waals surface area contributed by atoms with Crippen LogP contribution in [-0.4, -0.2) is 45.2 Å². The van der Waals surface area contributed by atoms with Gasteiger partial charge in [-0.05, 0) is 32.9 Å². The second-order valence-corrected chi connectivity index (χ2v) is 6.78. The van der Waals surface area contributed by atoms with Crippen molar-refractivity contribution in [3.63, 3.8) is 0 Å². The smallest absolute Gasteiger partial charge is 0.258 e. The Morgan fingerprint density at radius 2 is 1.69 bits per heavy atom. The minimum atomic E-state index is -1.40. The third-order valence-electron chi connectivity index (χ3n) is 4.19. The maximum Gasteiger partial charge on any atom is 0.258 e. The molecular formula is C22H26ClN3O6. The Hall–Kier alpha value is -3.33. The summed E-state index contributed by atoms with van der Waals surface area (Å²) in [4.78, 5) is 24.9. The van der Waals surface area contributed by atoms with Crippen LogP contribution in [0.5, 0.6) is 23.0 Å². The predicted octanol–water partition coefficient (Wildman–Crippen LogP) is 4.83. The van der Waals surface area contributed by atoms with Gasteiger partial charge in [0.05, 0.1) is 38.1 Å². The van der Waals surface area contributed by atoms with Gasteiger partial charge in [0, 0.05) is 12.1 Å². The summed E-state index contributed by atoms with van der Waals surface area (Å²) in [7, 11) is 2.92. The molecule has 0 spiro atoms. The highest BCUT2D eigenvalue weighted by Gasteiger charge is 2.25. The summed E-state index contributed by atoms with van der Waals surface area (Å²) in [6.45, 7) is 5.73. The van der Waals surface area contributed by atoms with Crippen molar-refractivity contribution in [3.8, 4) is 23.0 Å². The van der Waals surface area contributed by atoms with E-state index in [0.717, 1.165) is 0 Å². The number of hydrogen-bond donors (Lipinski definition) is 1. The van der Waals surface area contributed by atoms with Gasteiger partial charge in [-0.25, -0.2) is 0 Å². The molecule has 0 heterocycles. The van der Waals surface area contributed by atoms with Crippen molar-refractivity contribution in [2.75, 3.05) is 32.8 Å². The SMILES string of the molecule is CCOc1cccc(N=NC(C(C)=O)C(=O)Nc2cc(OC)c(OC)cc2Cl)c1OCC. The second-order valence-electron chi connectivity index (χ2n) is 6.38. The Morgan fingerprint density at radius 1 is 1.03 bits per heavy atom. The van der Waals surface area contributed by atoms with E-state index < -0.39 is 17.7 Å². The molecule has 2 aromatic carbocycles. The zero-order valence-electron chi connectivity index (χ0n) is 18.6. The number of amides is 1. The molecule has 0 fully saturated rings. The van der Waals surface area contributed by atoms with Crippen molar-refractivity contribution in [1.29, 1.82) is 0 Å². The first-order valence-electron chi connectivity index (χ1n) is 9.88. The van der Waals surface area contributed by atoms with Crippen molar-refractivity contribution >= 4 is 34.7 Å². The van der Waals surface area contributed by atoms with Crippen LogP contribution in [0.4, 0.5) is 11.4 Å². The number of nitrogens with zero attached hydrogens (tertiary/aromatic N) is 2. The largest absolute Gasteiger partial charge is 0.493 e. The monoisotopic (exact) mass is 463 g/mol. The Bertz CT molecular complexity index is 996. The van der Waals surface area contributed by atoms with E-state index in [-0.39, 0.29) is 10.7 Å². The molecule has 0 saturated heterocycles. The molecule has 1 atom stereocenters. The third-order valence-corrected chi connectivity index (χ3v) is 4.50. The second kappa shape index (κ2) is 11.9. The highest BCUT2D eigenvalue weighted by Crippen LogP contribution is 2.38. The summed E-state index contributed by atoms with van der Waals surface area (Å²) in [5, 5.41) is 10.9. The fraction of sp³-hybridized carbons (Fsp3) is 0.364. The number of azo groups is 1. The first kappa shape index (κ1) is 24.9. The molecule has 0 aromatic heterocycles. The number of para-hydroxylation sites is 1. The minimum absolute atomic E-state index is 0.207. The number of anilines is 1. The number of carbonyl (C=O) groups excluding carboxylic acids is 2. The van der Waals surface area contributed by atoms with Gasteiger partial charge >= 0.3 is 0 Å². The molecule has 0 aliphatic carbocycles. The fourth-order valence-electron chi connectivity index (χ4n) is 2.73. The summed E-state index contributed by atoms with van der Waals surface area (Å²) in [6.07, 6.45) is 0. The maximum atomic E-state index is 12.8. The zero-order chi connectivity index (χ0) is 23.7. The summed E-state index contributed by atoms with van der Waals surface area (Å²) in [6, 6.07) is 6.69. The normalized spacial score (nSPS) is 11.7. The Kier molecular flexibility index (Phi) is 9.27. The average molecular weight is 464 g/mol. The minimum Gasteiger partial charge on any atom is -0.493 e. The molecular weight excluding hydrogens is 438 g/mol. The lowest BCUT2D eigenvalue weighted by atomic mass is 10.2. The molecule has 172 valence electrons. The number of rotatable bonds is 11. The molecule has 1 N–H and O–H groups in total. The average Bonchev–Trinajstić information content (AvgIpc) is 2.76. The number of ketones is 1. The maximum absolute atomic E-state index is 12.8. The van der Waals surface area contributed by atoms with E-state index in [9.17, 15) is 9.59 Å². The number of benzene rings is 2. The zero-order valence-corrected chi connectivity index (χ0v) is 19.4. The van der Waals surface area contributed by atoms with Gasteiger partial charge in [-0.1, -0.05) is 17.7 Å². The first-order chi connectivity index (χ1) is 15.4. The number of Topliss-reactive ketones (excluding diaryl/α,β-unsaturated/α-hetero) is 1. The van der Waals surface area contributed by atoms with Gasteiger partial charge in [0.25, 0.3) is 5.91 Å². The van der Waals surface area contributed by atoms with Crippen LogP contribution in [-0.2, 0) is 9.59 Å². The van der Waals surface area contributed by atoms with E-state index in [1.807, 2.05) is 13.8 Å². The van der Waals surface area contributed by atoms with Crippen LogP contribution in [0, 0.1) is 0 Å². The number of methoxy groups -OCH3 is 2. The van der Waals surface area contributed by atoms with Crippen LogP contribution in [0.25, 0.3) is 0 Å². The molecule has 2 rings (SSSR count). The highest BCUT2D eigenvalue weighted by molar-refractivity contribution is 6.34. The summed E-state index contributed by atoms with van der Waals surface area (Å²) in [5.41, 5.74) is 0.574. The van der Waals surface area contributed by atoms with Crippen LogP contribution in [0.3, 0.4) is 0 Å². The lowest BCUT2D eigenvalue weighted by Crippen LogP contribution is -2.31. The lowest BCUT2D eigenvalue weighted by Gasteiger charge is -2.14. The first-order valence-corrected chi connectivity index (χ1v) is 10.3. The number of halogens is 1. The summed E-state index contributed by atoms with van der Waals surface area (Å²) < 4.78 is 21.6. The van der Waals surface area contributed by atoms with E-state index >= 15 is 0 Å². The van der Waals surface area contributed by atoms with Gasteiger partial charge in [0.2, 0.25) is 6.04 Å². The van der Waals surface area contributed by atoms with E-state index in [0.29, 0.717) is 41.9 Å². The Labute approximate surface area is 191 Å². The van der Waals surface area contributed by atoms with Gasteiger partial charge in [0.15, 0.2) is 28.8 Å². The van der Waals surface area contributed by atoms with Crippen LogP contribution in [0.15, 0.2) is 40.6 Å². The van der Waals surface area contributed by atoms with Gasteiger partial charge in [-0.3, -0.25) is 9.59 Å². The van der Waals surface area contributed by atoms with Crippen molar-refractivity contribution in [3.05, 3.63) is 35.4 Å². The summed E-state index contributed by atoms with van der Waals surface area (Å²) in [5.74, 6) is 0.437. The molecule has 10 heteroatoms. The molecule has 9 nitrogen and oxygen atoms in total. The molecule has 1 unspecified atom stereocenters. The Balaban J connectivity index is 2.32. The van der Waals surface area contributed by atoms with E-state index in [2.05, 4.69) is 15.5 Å². The van der Waals surface area contributed by atoms with Crippen molar-refractivity contribution in [2.24, 2.45) is 10.2 Å². The third kappa shape index (κ3) is 6.10. The molecule has 1 amide bonds. The molecule has 0 radical (unpaired) electrons. The van der Waals surface area contributed by atoms with E-state index in [1.54, 1.807) is 18.2 Å². The number of nitrogens with one attached hydrogen (secondary N) is 1. The molecule has 0 aliphatic rings. The predicted molar refractivity (Wildman–Crippen MR) is 121 cm³/mol. The van der Waals surface area contributed by atoms with Crippen LogP contribution in [0.2, 0.25) is 5.02 Å². The standard InChI is InChI=1S/C22H26ClN3O6/c1-6-31-17-10-8-9-15(21(17)32-7-2)25-26-20(13(3)27)22(28)24-16-12-19(30-5)18(29-4)11-14(16)23/h8-12,20H,6-7H2,1-5H3,(H,24,28). The van der Waals surface area contributed by atoms with Gasteiger partial charge < -0.3 is 24.3 Å². The van der Waals surface area contributed by atoms with Gasteiger partial charge in [-0.2, -0.15) is 10.2 Å². The van der Waals surface area contributed by atoms with Gasteiger partial charge in [0.1, 0.15) is 5.69 Å². The molecule has 0 aliphatic heterocycles. The molecule has 2 aromatic rings. The number of carbonyl (C=O) groups is 2.